The van der Waals surface area contributed by atoms with E-state index in [2.05, 4.69) is 26.1 Å². The van der Waals surface area contributed by atoms with E-state index < -0.39 is 0 Å². The van der Waals surface area contributed by atoms with Crippen molar-refractivity contribution in [1.29, 1.82) is 0 Å². The third-order valence-electron chi connectivity index (χ3n) is 3.06. The van der Waals surface area contributed by atoms with E-state index in [-0.39, 0.29) is 12.0 Å². The van der Waals surface area contributed by atoms with Gasteiger partial charge >= 0.3 is 5.97 Å². The number of ether oxygens (including phenoxy) is 1. The molecule has 2 atom stereocenters. The number of carbonyl (C=O) groups excluding carboxylic acids is 1. The molecule has 0 saturated heterocycles. The summed E-state index contributed by atoms with van der Waals surface area (Å²) in [6.45, 7) is 6.42. The maximum Gasteiger partial charge on any atom is 0.322 e. The first kappa shape index (κ1) is 13.5. The van der Waals surface area contributed by atoms with Crippen molar-refractivity contribution >= 4 is 5.97 Å². The highest BCUT2D eigenvalue weighted by atomic mass is 16.5. The normalized spacial score (nSPS) is 19.6. The van der Waals surface area contributed by atoms with Gasteiger partial charge < -0.3 is 10.1 Å². The van der Waals surface area contributed by atoms with Gasteiger partial charge in [0.2, 0.25) is 0 Å². The second kappa shape index (κ2) is 6.24. The molecule has 0 amide bonds. The fourth-order valence-electron chi connectivity index (χ4n) is 2.11. The third-order valence-corrected chi connectivity index (χ3v) is 3.06. The van der Waals surface area contributed by atoms with E-state index in [4.69, 9.17) is 4.74 Å². The van der Waals surface area contributed by atoms with Crippen LogP contribution in [0.15, 0.2) is 0 Å². The molecule has 3 heteroatoms. The second-order valence-corrected chi connectivity index (χ2v) is 5.45. The summed E-state index contributed by atoms with van der Waals surface area (Å²) >= 11 is 0. The van der Waals surface area contributed by atoms with Crippen LogP contribution in [-0.2, 0) is 9.53 Å². The molecule has 1 rings (SSSR count). The Kier molecular flexibility index (Phi) is 5.26. The standard InChI is InChI=1S/C13H25NO2/c1-9(2)7-12(13(15)16-4)14-10(3)8-11-5-6-11/h9-12,14H,5-8H2,1-4H3. The van der Waals surface area contributed by atoms with Gasteiger partial charge in [-0.25, -0.2) is 0 Å². The second-order valence-electron chi connectivity index (χ2n) is 5.45. The zero-order valence-electron chi connectivity index (χ0n) is 11.0. The number of carbonyl (C=O) groups is 1. The lowest BCUT2D eigenvalue weighted by Gasteiger charge is -2.22. The number of hydrogen-bond acceptors (Lipinski definition) is 3. The minimum atomic E-state index is -0.140. The van der Waals surface area contributed by atoms with Crippen LogP contribution in [0.2, 0.25) is 0 Å². The SMILES string of the molecule is COC(=O)C(CC(C)C)NC(C)CC1CC1. The number of rotatable bonds is 7. The van der Waals surface area contributed by atoms with Gasteiger partial charge in [-0.1, -0.05) is 26.7 Å². The molecule has 1 fully saturated rings. The number of esters is 1. The van der Waals surface area contributed by atoms with Gasteiger partial charge in [0, 0.05) is 6.04 Å². The lowest BCUT2D eigenvalue weighted by Crippen LogP contribution is -2.43. The summed E-state index contributed by atoms with van der Waals surface area (Å²) in [5.74, 6) is 1.26. The van der Waals surface area contributed by atoms with E-state index in [9.17, 15) is 4.79 Å². The minimum absolute atomic E-state index is 0.128. The van der Waals surface area contributed by atoms with Crippen molar-refractivity contribution in [3.05, 3.63) is 0 Å². The molecule has 1 aliphatic carbocycles. The van der Waals surface area contributed by atoms with Crippen molar-refractivity contribution in [3.63, 3.8) is 0 Å². The van der Waals surface area contributed by atoms with Gasteiger partial charge in [0.25, 0.3) is 0 Å². The van der Waals surface area contributed by atoms with Crippen LogP contribution in [0.3, 0.4) is 0 Å². The van der Waals surface area contributed by atoms with Crippen molar-refractivity contribution in [2.75, 3.05) is 7.11 Å². The summed E-state index contributed by atoms with van der Waals surface area (Å²) in [4.78, 5) is 11.6. The van der Waals surface area contributed by atoms with Gasteiger partial charge in [0.05, 0.1) is 7.11 Å². The topological polar surface area (TPSA) is 38.3 Å². The van der Waals surface area contributed by atoms with Gasteiger partial charge in [-0.05, 0) is 31.6 Å². The van der Waals surface area contributed by atoms with Gasteiger partial charge in [-0.2, -0.15) is 0 Å². The lowest BCUT2D eigenvalue weighted by molar-refractivity contribution is -0.143. The van der Waals surface area contributed by atoms with Crippen LogP contribution < -0.4 is 5.32 Å². The predicted molar refractivity (Wildman–Crippen MR) is 65.2 cm³/mol. The smallest absolute Gasteiger partial charge is 0.322 e. The zero-order valence-corrected chi connectivity index (χ0v) is 11.0. The summed E-state index contributed by atoms with van der Waals surface area (Å²) in [7, 11) is 1.46. The lowest BCUT2D eigenvalue weighted by atomic mass is 10.0. The first-order valence-electron chi connectivity index (χ1n) is 6.36. The molecule has 0 heterocycles. The molecule has 16 heavy (non-hydrogen) atoms. The average molecular weight is 227 g/mol. The summed E-state index contributed by atoms with van der Waals surface area (Å²) in [6, 6.07) is 0.272. The molecule has 0 aromatic heterocycles. The Morgan fingerprint density at radius 2 is 2.00 bits per heavy atom. The Labute approximate surface area is 98.9 Å². The third kappa shape index (κ3) is 4.97. The highest BCUT2D eigenvalue weighted by molar-refractivity contribution is 5.75. The van der Waals surface area contributed by atoms with Crippen LogP contribution in [0.5, 0.6) is 0 Å². The van der Waals surface area contributed by atoms with Gasteiger partial charge in [0.1, 0.15) is 6.04 Å². The molecule has 94 valence electrons. The molecular formula is C13H25NO2. The monoisotopic (exact) mass is 227 g/mol. The van der Waals surface area contributed by atoms with E-state index >= 15 is 0 Å². The molecule has 0 bridgehead atoms. The molecule has 0 radical (unpaired) electrons. The van der Waals surface area contributed by atoms with Crippen molar-refractivity contribution in [3.8, 4) is 0 Å². The van der Waals surface area contributed by atoms with Crippen molar-refractivity contribution < 1.29 is 9.53 Å². The molecule has 0 aromatic carbocycles. The molecule has 2 unspecified atom stereocenters. The highest BCUT2D eigenvalue weighted by Gasteiger charge is 2.27. The Morgan fingerprint density at radius 1 is 1.38 bits per heavy atom. The summed E-state index contributed by atoms with van der Waals surface area (Å²) in [6.07, 6.45) is 4.76. The number of methoxy groups -OCH3 is 1. The fourth-order valence-corrected chi connectivity index (χ4v) is 2.11. The maximum atomic E-state index is 11.6. The van der Waals surface area contributed by atoms with Crippen LogP contribution in [0.1, 0.15) is 46.5 Å². The number of hydrogen-bond donors (Lipinski definition) is 1. The first-order chi connectivity index (χ1) is 7.52. The molecule has 1 N–H and O–H groups in total. The highest BCUT2D eigenvalue weighted by Crippen LogP contribution is 2.33. The molecule has 0 spiro atoms. The van der Waals surface area contributed by atoms with Crippen LogP contribution >= 0.6 is 0 Å². The van der Waals surface area contributed by atoms with Gasteiger partial charge in [0.15, 0.2) is 0 Å². The molecule has 1 saturated carbocycles. The molecular weight excluding hydrogens is 202 g/mol. The summed E-state index contributed by atoms with van der Waals surface area (Å²) < 4.78 is 4.83. The first-order valence-corrected chi connectivity index (χ1v) is 6.36. The van der Waals surface area contributed by atoms with Crippen LogP contribution in [0, 0.1) is 11.8 Å². The Hall–Kier alpha value is -0.570. The van der Waals surface area contributed by atoms with Crippen molar-refractivity contribution in [2.45, 2.75) is 58.5 Å². The Bertz CT molecular complexity index is 224. The van der Waals surface area contributed by atoms with E-state index in [1.165, 1.54) is 26.4 Å². The Morgan fingerprint density at radius 3 is 2.44 bits per heavy atom. The molecule has 3 nitrogen and oxygen atoms in total. The van der Waals surface area contributed by atoms with E-state index in [1.807, 2.05) is 0 Å². The van der Waals surface area contributed by atoms with Crippen LogP contribution in [0.4, 0.5) is 0 Å². The van der Waals surface area contributed by atoms with E-state index in [0.717, 1.165) is 12.3 Å². The van der Waals surface area contributed by atoms with E-state index in [1.54, 1.807) is 0 Å². The molecule has 1 aliphatic rings. The maximum absolute atomic E-state index is 11.6. The predicted octanol–water partition coefficient (Wildman–Crippen LogP) is 2.35. The average Bonchev–Trinajstić information content (AvgIpc) is 2.98. The molecule has 0 aliphatic heterocycles. The Balaban J connectivity index is 2.37. The fraction of sp³-hybridized carbons (Fsp3) is 0.923. The van der Waals surface area contributed by atoms with Crippen LogP contribution in [0.25, 0.3) is 0 Å². The number of nitrogens with one attached hydrogen (secondary N) is 1. The van der Waals surface area contributed by atoms with E-state index in [0.29, 0.717) is 12.0 Å². The summed E-state index contributed by atoms with van der Waals surface area (Å²) in [5, 5.41) is 3.40. The van der Waals surface area contributed by atoms with Crippen LogP contribution in [-0.4, -0.2) is 25.2 Å². The van der Waals surface area contributed by atoms with Crippen molar-refractivity contribution in [1.82, 2.24) is 5.32 Å². The van der Waals surface area contributed by atoms with Gasteiger partial charge in [-0.3, -0.25) is 4.79 Å². The minimum Gasteiger partial charge on any atom is -0.468 e. The largest absolute Gasteiger partial charge is 0.468 e. The quantitative estimate of drug-likeness (QED) is 0.678. The zero-order chi connectivity index (χ0) is 12.1. The summed E-state index contributed by atoms with van der Waals surface area (Å²) in [5.41, 5.74) is 0. The molecule has 0 aromatic rings. The van der Waals surface area contributed by atoms with Gasteiger partial charge in [-0.15, -0.1) is 0 Å². The van der Waals surface area contributed by atoms with Crippen molar-refractivity contribution in [2.24, 2.45) is 11.8 Å².